The number of carbonyl (C=O) groups excluding carboxylic acids is 1. The predicted octanol–water partition coefficient (Wildman–Crippen LogP) is 1.60. The van der Waals surface area contributed by atoms with Crippen LogP contribution in [0.5, 0.6) is 0 Å². The van der Waals surface area contributed by atoms with E-state index in [0.29, 0.717) is 27.8 Å². The number of aromatic nitrogens is 7. The molecule has 0 aliphatic rings. The molecule has 0 radical (unpaired) electrons. The summed E-state index contributed by atoms with van der Waals surface area (Å²) in [5, 5.41) is 18.0. The summed E-state index contributed by atoms with van der Waals surface area (Å²) < 4.78 is 8.07. The Morgan fingerprint density at radius 3 is 2.65 bits per heavy atom. The van der Waals surface area contributed by atoms with E-state index in [-0.39, 0.29) is 6.42 Å². The summed E-state index contributed by atoms with van der Waals surface area (Å²) in [6, 6.07) is 7.87. The Bertz CT molecular complexity index is 1120. The van der Waals surface area contributed by atoms with Crippen LogP contribution < -0.4 is 0 Å². The number of esters is 1. The SMILES string of the molecule is COC(=O)Cc1nn(-c2ccc(C)cc2)c2c1nnc1nc(SC)nn12. The minimum absolute atomic E-state index is 0.00384. The van der Waals surface area contributed by atoms with Gasteiger partial charge in [-0.2, -0.15) is 14.6 Å². The van der Waals surface area contributed by atoms with Gasteiger partial charge in [0, 0.05) is 0 Å². The molecule has 9 nitrogen and oxygen atoms in total. The van der Waals surface area contributed by atoms with E-state index in [1.54, 1.807) is 9.20 Å². The zero-order chi connectivity index (χ0) is 18.3. The summed E-state index contributed by atoms with van der Waals surface area (Å²) >= 11 is 1.41. The first-order valence-corrected chi connectivity index (χ1v) is 9.02. The average molecular weight is 369 g/mol. The van der Waals surface area contributed by atoms with Gasteiger partial charge in [-0.1, -0.05) is 29.5 Å². The van der Waals surface area contributed by atoms with E-state index < -0.39 is 5.97 Å². The molecule has 10 heteroatoms. The zero-order valence-corrected chi connectivity index (χ0v) is 15.2. The first-order chi connectivity index (χ1) is 12.6. The summed E-state index contributed by atoms with van der Waals surface area (Å²) in [5.41, 5.74) is 3.53. The lowest BCUT2D eigenvalue weighted by molar-refractivity contribution is -0.139. The first-order valence-electron chi connectivity index (χ1n) is 7.79. The van der Waals surface area contributed by atoms with Crippen molar-refractivity contribution in [2.24, 2.45) is 0 Å². The minimum Gasteiger partial charge on any atom is -0.469 e. The Morgan fingerprint density at radius 1 is 1.19 bits per heavy atom. The van der Waals surface area contributed by atoms with Gasteiger partial charge in [-0.3, -0.25) is 4.79 Å². The standard InChI is InChI=1S/C16H15N7O2S/c1-9-4-6-10(7-5-9)22-14-13(11(20-22)8-12(24)25-2)18-19-15-17-16(26-3)21-23(14)15/h4-7H,8H2,1-3H3. The van der Waals surface area contributed by atoms with Gasteiger partial charge in [0.05, 0.1) is 19.2 Å². The van der Waals surface area contributed by atoms with Gasteiger partial charge in [0.15, 0.2) is 11.2 Å². The number of rotatable bonds is 4. The molecule has 0 aliphatic carbocycles. The van der Waals surface area contributed by atoms with Gasteiger partial charge in [0.25, 0.3) is 5.78 Å². The molecule has 132 valence electrons. The summed E-state index contributed by atoms with van der Waals surface area (Å²) in [4.78, 5) is 16.1. The van der Waals surface area contributed by atoms with Crippen molar-refractivity contribution >= 4 is 34.7 Å². The third-order valence-corrected chi connectivity index (χ3v) is 4.46. The van der Waals surface area contributed by atoms with Crippen LogP contribution >= 0.6 is 11.8 Å². The number of aryl methyl sites for hydroxylation is 1. The maximum atomic E-state index is 11.8. The topological polar surface area (TPSA) is 100 Å². The van der Waals surface area contributed by atoms with E-state index >= 15 is 0 Å². The number of ether oxygens (including phenoxy) is 1. The number of methoxy groups -OCH3 is 1. The summed E-state index contributed by atoms with van der Waals surface area (Å²) in [6.45, 7) is 2.01. The third kappa shape index (κ3) is 2.68. The molecule has 3 aromatic heterocycles. The molecule has 3 heterocycles. The summed E-state index contributed by atoms with van der Waals surface area (Å²) in [5.74, 6) is -0.0227. The van der Waals surface area contributed by atoms with Crippen LogP contribution in [0.25, 0.3) is 22.6 Å². The molecular weight excluding hydrogens is 354 g/mol. The van der Waals surface area contributed by atoms with E-state index in [0.717, 1.165) is 11.3 Å². The molecule has 0 aliphatic heterocycles. The number of thioether (sulfide) groups is 1. The fourth-order valence-corrected chi connectivity index (χ4v) is 2.94. The van der Waals surface area contributed by atoms with E-state index in [4.69, 9.17) is 4.74 Å². The van der Waals surface area contributed by atoms with Crippen molar-refractivity contribution in [3.63, 3.8) is 0 Å². The number of benzene rings is 1. The molecule has 0 fully saturated rings. The zero-order valence-electron chi connectivity index (χ0n) is 14.4. The van der Waals surface area contributed by atoms with E-state index in [2.05, 4.69) is 25.4 Å². The lowest BCUT2D eigenvalue weighted by atomic mass is 10.2. The van der Waals surface area contributed by atoms with Crippen LogP contribution in [0.4, 0.5) is 0 Å². The highest BCUT2D eigenvalue weighted by Crippen LogP contribution is 2.22. The van der Waals surface area contributed by atoms with Gasteiger partial charge in [0.2, 0.25) is 5.16 Å². The highest BCUT2D eigenvalue weighted by molar-refractivity contribution is 7.98. The minimum atomic E-state index is -0.397. The van der Waals surface area contributed by atoms with Gasteiger partial charge in [-0.25, -0.2) is 4.68 Å². The van der Waals surface area contributed by atoms with Crippen molar-refractivity contribution in [1.82, 2.24) is 34.6 Å². The Labute approximate surface area is 152 Å². The van der Waals surface area contributed by atoms with Crippen LogP contribution in [0.2, 0.25) is 0 Å². The number of hydrogen-bond donors (Lipinski definition) is 0. The average Bonchev–Trinajstić information content (AvgIpc) is 3.23. The molecule has 0 bridgehead atoms. The van der Waals surface area contributed by atoms with Crippen molar-refractivity contribution in [2.75, 3.05) is 13.4 Å². The molecule has 1 aromatic carbocycles. The van der Waals surface area contributed by atoms with Gasteiger partial charge < -0.3 is 4.74 Å². The molecular formula is C16H15N7O2S. The van der Waals surface area contributed by atoms with Crippen LogP contribution in [-0.4, -0.2) is 53.9 Å². The van der Waals surface area contributed by atoms with Crippen LogP contribution in [0, 0.1) is 6.92 Å². The molecule has 4 aromatic rings. The van der Waals surface area contributed by atoms with Crippen LogP contribution in [0.1, 0.15) is 11.3 Å². The van der Waals surface area contributed by atoms with Crippen molar-refractivity contribution < 1.29 is 9.53 Å². The van der Waals surface area contributed by atoms with E-state index in [1.165, 1.54) is 18.9 Å². The lowest BCUT2D eigenvalue weighted by Gasteiger charge is -2.04. The van der Waals surface area contributed by atoms with Crippen molar-refractivity contribution in [3.8, 4) is 5.69 Å². The second-order valence-corrected chi connectivity index (χ2v) is 6.40. The molecule has 26 heavy (non-hydrogen) atoms. The quantitative estimate of drug-likeness (QED) is 0.395. The molecule has 0 atom stereocenters. The Hall–Kier alpha value is -3.01. The lowest BCUT2D eigenvalue weighted by Crippen LogP contribution is -2.06. The Kier molecular flexibility index (Phi) is 4.03. The maximum Gasteiger partial charge on any atom is 0.311 e. The molecule has 0 amide bonds. The van der Waals surface area contributed by atoms with Gasteiger partial charge in [-0.05, 0) is 25.3 Å². The van der Waals surface area contributed by atoms with E-state index in [9.17, 15) is 4.79 Å². The Balaban J connectivity index is 2.02. The first kappa shape index (κ1) is 16.5. The fraction of sp³-hybridized carbons (Fsp3) is 0.250. The number of fused-ring (bicyclic) bond motifs is 3. The number of hydrogen-bond acceptors (Lipinski definition) is 8. The highest BCUT2D eigenvalue weighted by Gasteiger charge is 2.21. The molecule has 0 saturated carbocycles. The van der Waals surface area contributed by atoms with Gasteiger partial charge in [0.1, 0.15) is 5.69 Å². The van der Waals surface area contributed by atoms with Crippen LogP contribution in [-0.2, 0) is 16.0 Å². The van der Waals surface area contributed by atoms with Crippen LogP contribution in [0.15, 0.2) is 29.4 Å². The van der Waals surface area contributed by atoms with E-state index in [1.807, 2.05) is 37.4 Å². The Morgan fingerprint density at radius 2 is 1.96 bits per heavy atom. The fourth-order valence-electron chi connectivity index (χ4n) is 2.60. The number of nitrogens with zero attached hydrogens (tertiary/aromatic N) is 7. The normalized spacial score (nSPS) is 11.3. The molecule has 0 spiro atoms. The molecule has 0 unspecified atom stereocenters. The maximum absolute atomic E-state index is 11.8. The molecule has 4 rings (SSSR count). The van der Waals surface area contributed by atoms with Gasteiger partial charge in [-0.15, -0.1) is 15.3 Å². The van der Waals surface area contributed by atoms with Crippen molar-refractivity contribution in [3.05, 3.63) is 35.5 Å². The van der Waals surface area contributed by atoms with Gasteiger partial charge >= 0.3 is 5.97 Å². The smallest absolute Gasteiger partial charge is 0.311 e. The van der Waals surface area contributed by atoms with Crippen LogP contribution in [0.3, 0.4) is 0 Å². The molecule has 0 saturated heterocycles. The van der Waals surface area contributed by atoms with Crippen molar-refractivity contribution in [2.45, 2.75) is 18.5 Å². The monoisotopic (exact) mass is 369 g/mol. The predicted molar refractivity (Wildman–Crippen MR) is 95.4 cm³/mol. The second-order valence-electron chi connectivity index (χ2n) is 5.63. The second kappa shape index (κ2) is 6.37. The van der Waals surface area contributed by atoms with Crippen molar-refractivity contribution in [1.29, 1.82) is 0 Å². The molecule has 0 N–H and O–H groups in total. The largest absolute Gasteiger partial charge is 0.469 e. The highest BCUT2D eigenvalue weighted by atomic mass is 32.2. The third-order valence-electron chi connectivity index (χ3n) is 3.92. The summed E-state index contributed by atoms with van der Waals surface area (Å²) in [6.07, 6.45) is 1.88. The number of carbonyl (C=O) groups is 1. The summed E-state index contributed by atoms with van der Waals surface area (Å²) in [7, 11) is 1.34.